The lowest BCUT2D eigenvalue weighted by Crippen LogP contribution is -2.19. The molecule has 1 unspecified atom stereocenters. The molecule has 0 bridgehead atoms. The molecule has 0 aromatic rings. The second kappa shape index (κ2) is 6.09. The fourth-order valence-electron chi connectivity index (χ4n) is 1.09. The van der Waals surface area contributed by atoms with E-state index in [1.54, 1.807) is 6.92 Å². The lowest BCUT2D eigenvalue weighted by Gasteiger charge is -2.27. The highest BCUT2D eigenvalue weighted by Gasteiger charge is 2.35. The molecule has 1 heterocycles. The minimum absolute atomic E-state index is 0.487. The third-order valence-corrected chi connectivity index (χ3v) is 4.31. The van der Waals surface area contributed by atoms with Gasteiger partial charge in [0.2, 0.25) is 0 Å². The Kier molecular flexibility index (Phi) is 5.42. The molecule has 1 aliphatic rings. The number of alkyl halides is 1. The zero-order chi connectivity index (χ0) is 10.4. The van der Waals surface area contributed by atoms with Crippen LogP contribution in [0.15, 0.2) is 0 Å². The first-order chi connectivity index (χ1) is 6.69. The monoisotopic (exact) mass is 242 g/mol. The molecule has 0 N–H and O–H groups in total. The van der Waals surface area contributed by atoms with Crippen molar-refractivity contribution in [1.29, 1.82) is 0 Å². The van der Waals surface area contributed by atoms with Crippen LogP contribution in [0.4, 0.5) is 0 Å². The summed E-state index contributed by atoms with van der Waals surface area (Å²) in [5, 5.41) is 0. The molecule has 1 aliphatic heterocycles. The summed E-state index contributed by atoms with van der Waals surface area (Å²) >= 11 is 5.49. The molecule has 0 spiro atoms. The Labute approximate surface area is 89.4 Å². The van der Waals surface area contributed by atoms with Crippen LogP contribution in [0.2, 0.25) is 0 Å². The first kappa shape index (κ1) is 12.5. The van der Waals surface area contributed by atoms with Crippen molar-refractivity contribution >= 4 is 19.2 Å². The van der Waals surface area contributed by atoms with Crippen molar-refractivity contribution in [2.24, 2.45) is 0 Å². The van der Waals surface area contributed by atoms with Gasteiger partial charge < -0.3 is 13.8 Å². The van der Waals surface area contributed by atoms with Crippen LogP contribution in [0.1, 0.15) is 19.8 Å². The van der Waals surface area contributed by atoms with Crippen LogP contribution in [0.3, 0.4) is 0 Å². The average molecular weight is 243 g/mol. The quantitative estimate of drug-likeness (QED) is 0.422. The van der Waals surface area contributed by atoms with Gasteiger partial charge in [0.05, 0.1) is 13.2 Å². The normalized spacial score (nSPS) is 23.3. The molecule has 6 heteroatoms. The largest absolute Gasteiger partial charge is 0.366 e. The molecular formula is C8H16ClO4P. The smallest absolute Gasteiger partial charge is 0.358 e. The molecule has 1 atom stereocenters. The standard InChI is InChI=1S/C8H16ClO4P/c1-8(11-5-2-4-9)14(10)12-6-3-7-13-14/h8H,2-7H2,1H3. The van der Waals surface area contributed by atoms with Crippen LogP contribution >= 0.6 is 19.2 Å². The highest BCUT2D eigenvalue weighted by Crippen LogP contribution is 2.55. The Balaban J connectivity index is 2.33. The van der Waals surface area contributed by atoms with E-state index in [2.05, 4.69) is 0 Å². The van der Waals surface area contributed by atoms with E-state index in [-0.39, 0.29) is 0 Å². The molecule has 14 heavy (non-hydrogen) atoms. The van der Waals surface area contributed by atoms with E-state index in [0.717, 1.165) is 12.8 Å². The number of hydrogen-bond donors (Lipinski definition) is 0. The van der Waals surface area contributed by atoms with Gasteiger partial charge in [0.1, 0.15) is 0 Å². The summed E-state index contributed by atoms with van der Waals surface area (Å²) in [6, 6.07) is 0. The Hall–Kier alpha value is 0.400. The van der Waals surface area contributed by atoms with Gasteiger partial charge in [-0.1, -0.05) is 0 Å². The topological polar surface area (TPSA) is 44.8 Å². The average Bonchev–Trinajstić information content (AvgIpc) is 2.19. The maximum Gasteiger partial charge on any atom is 0.358 e. The van der Waals surface area contributed by atoms with Crippen molar-refractivity contribution in [3.8, 4) is 0 Å². The first-order valence-corrected chi connectivity index (χ1v) is 6.90. The molecule has 0 aliphatic carbocycles. The van der Waals surface area contributed by atoms with Crippen LogP contribution in [0.5, 0.6) is 0 Å². The maximum absolute atomic E-state index is 11.9. The van der Waals surface area contributed by atoms with Crippen molar-refractivity contribution < 1.29 is 18.3 Å². The van der Waals surface area contributed by atoms with Gasteiger partial charge in [-0.25, -0.2) is 0 Å². The van der Waals surface area contributed by atoms with Crippen LogP contribution < -0.4 is 0 Å². The SMILES string of the molecule is CC(OCCCCl)P1(=O)OCCCO1. The van der Waals surface area contributed by atoms with Crippen molar-refractivity contribution in [3.63, 3.8) is 0 Å². The number of hydrogen-bond acceptors (Lipinski definition) is 4. The first-order valence-electron chi connectivity index (χ1n) is 4.75. The van der Waals surface area contributed by atoms with Gasteiger partial charge in [0.15, 0.2) is 5.85 Å². The highest BCUT2D eigenvalue weighted by molar-refractivity contribution is 7.54. The van der Waals surface area contributed by atoms with Gasteiger partial charge >= 0.3 is 7.60 Å². The summed E-state index contributed by atoms with van der Waals surface area (Å²) in [7, 11) is -3.01. The Morgan fingerprint density at radius 3 is 2.71 bits per heavy atom. The van der Waals surface area contributed by atoms with E-state index >= 15 is 0 Å². The Morgan fingerprint density at radius 2 is 2.14 bits per heavy atom. The molecule has 0 aromatic carbocycles. The minimum Gasteiger partial charge on any atom is -0.366 e. The summed E-state index contributed by atoms with van der Waals surface area (Å²) in [5.41, 5.74) is 0. The third kappa shape index (κ3) is 3.52. The number of halogens is 1. The molecule has 84 valence electrons. The molecule has 1 rings (SSSR count). The van der Waals surface area contributed by atoms with Gasteiger partial charge in [-0.05, 0) is 19.8 Å². The van der Waals surface area contributed by atoms with Crippen LogP contribution in [0, 0.1) is 0 Å². The fraction of sp³-hybridized carbons (Fsp3) is 1.00. The van der Waals surface area contributed by atoms with Gasteiger partial charge in [0, 0.05) is 12.5 Å². The van der Waals surface area contributed by atoms with E-state index in [4.69, 9.17) is 25.4 Å². The molecule has 4 nitrogen and oxygen atoms in total. The van der Waals surface area contributed by atoms with Crippen LogP contribution in [-0.4, -0.2) is 31.5 Å². The highest BCUT2D eigenvalue weighted by atomic mass is 35.5. The predicted octanol–water partition coefficient (Wildman–Crippen LogP) is 2.61. The van der Waals surface area contributed by atoms with Crippen molar-refractivity contribution in [2.45, 2.75) is 25.6 Å². The minimum atomic E-state index is -3.01. The van der Waals surface area contributed by atoms with Crippen molar-refractivity contribution in [3.05, 3.63) is 0 Å². The summed E-state index contributed by atoms with van der Waals surface area (Å²) in [4.78, 5) is 0. The molecule has 0 radical (unpaired) electrons. The molecule has 0 saturated carbocycles. The molecule has 0 amide bonds. The maximum atomic E-state index is 11.9. The van der Waals surface area contributed by atoms with E-state index in [0.29, 0.717) is 25.7 Å². The van der Waals surface area contributed by atoms with E-state index in [1.165, 1.54) is 0 Å². The van der Waals surface area contributed by atoms with Gasteiger partial charge in [0.25, 0.3) is 0 Å². The van der Waals surface area contributed by atoms with Gasteiger partial charge in [-0.15, -0.1) is 11.6 Å². The molecule has 0 aromatic heterocycles. The Morgan fingerprint density at radius 1 is 1.50 bits per heavy atom. The van der Waals surface area contributed by atoms with E-state index < -0.39 is 13.4 Å². The summed E-state index contributed by atoms with van der Waals surface area (Å²) in [5.74, 6) is 0.0460. The molecule has 1 saturated heterocycles. The van der Waals surface area contributed by atoms with Gasteiger partial charge in [-0.3, -0.25) is 4.57 Å². The molecule has 1 fully saturated rings. The van der Waals surface area contributed by atoms with E-state index in [1.807, 2.05) is 0 Å². The fourth-order valence-corrected chi connectivity index (χ4v) is 2.75. The van der Waals surface area contributed by atoms with Crippen LogP contribution in [-0.2, 0) is 18.3 Å². The molecular weight excluding hydrogens is 227 g/mol. The number of ether oxygens (including phenoxy) is 1. The zero-order valence-electron chi connectivity index (χ0n) is 8.28. The van der Waals surface area contributed by atoms with E-state index in [9.17, 15) is 4.57 Å². The van der Waals surface area contributed by atoms with Crippen molar-refractivity contribution in [1.82, 2.24) is 0 Å². The predicted molar refractivity (Wildman–Crippen MR) is 54.9 cm³/mol. The zero-order valence-corrected chi connectivity index (χ0v) is 9.93. The Bertz CT molecular complexity index is 202. The summed E-state index contributed by atoms with van der Waals surface area (Å²) in [6.07, 6.45) is 1.53. The third-order valence-electron chi connectivity index (χ3n) is 1.91. The summed E-state index contributed by atoms with van der Waals surface area (Å²) in [6.45, 7) is 3.17. The van der Waals surface area contributed by atoms with Crippen LogP contribution in [0.25, 0.3) is 0 Å². The second-order valence-corrected chi connectivity index (χ2v) is 5.77. The lowest BCUT2D eigenvalue weighted by atomic mass is 10.5. The lowest BCUT2D eigenvalue weighted by molar-refractivity contribution is 0.0619. The number of rotatable bonds is 5. The van der Waals surface area contributed by atoms with Crippen molar-refractivity contribution in [2.75, 3.05) is 25.7 Å². The second-order valence-electron chi connectivity index (χ2n) is 3.07. The summed E-state index contributed by atoms with van der Waals surface area (Å²) < 4.78 is 27.5. The van der Waals surface area contributed by atoms with Gasteiger partial charge in [-0.2, -0.15) is 0 Å².